The number of hydrogen-bond donors (Lipinski definition) is 2. The van der Waals surface area contributed by atoms with Crippen LogP contribution in [0.15, 0.2) is 29.2 Å². The van der Waals surface area contributed by atoms with Crippen LogP contribution in [0.1, 0.15) is 5.56 Å². The summed E-state index contributed by atoms with van der Waals surface area (Å²) in [6.45, 7) is 0.108. The lowest BCUT2D eigenvalue weighted by Gasteiger charge is -2.26. The summed E-state index contributed by atoms with van der Waals surface area (Å²) >= 11 is 0. The third kappa shape index (κ3) is 2.73. The molecule has 0 aliphatic carbocycles. The van der Waals surface area contributed by atoms with Crippen LogP contribution in [0.3, 0.4) is 0 Å². The van der Waals surface area contributed by atoms with E-state index in [0.29, 0.717) is 17.3 Å². The maximum atomic E-state index is 13.4. The topological polar surface area (TPSA) is 72.1 Å². The maximum Gasteiger partial charge on any atom is 0.237 e. The zero-order valence-electron chi connectivity index (χ0n) is 11.0. The number of methoxy groups -OCH3 is 2. The highest BCUT2D eigenvalue weighted by Crippen LogP contribution is 2.21. The largest absolute Gasteiger partial charge is 0.481 e. The Kier molecular flexibility index (Phi) is 3.92. The van der Waals surface area contributed by atoms with Crippen molar-refractivity contribution in [1.82, 2.24) is 10.5 Å². The zero-order chi connectivity index (χ0) is 14.7. The van der Waals surface area contributed by atoms with Gasteiger partial charge in [-0.25, -0.2) is 8.78 Å². The summed E-state index contributed by atoms with van der Waals surface area (Å²) < 4.78 is 36.5. The highest BCUT2D eigenvalue weighted by atomic mass is 19.2. The summed E-state index contributed by atoms with van der Waals surface area (Å²) in [5.41, 5.74) is 8.48. The van der Waals surface area contributed by atoms with Gasteiger partial charge in [-0.15, -0.1) is 5.10 Å². The summed E-state index contributed by atoms with van der Waals surface area (Å²) in [5, 5.41) is 5.42. The highest BCUT2D eigenvalue weighted by Gasteiger charge is 2.17. The van der Waals surface area contributed by atoms with Gasteiger partial charge in [0.1, 0.15) is 0 Å². The second-order valence-electron chi connectivity index (χ2n) is 3.96. The van der Waals surface area contributed by atoms with Gasteiger partial charge in [0.05, 0.1) is 32.5 Å². The van der Waals surface area contributed by atoms with Crippen LogP contribution in [0.2, 0.25) is 0 Å². The van der Waals surface area contributed by atoms with Gasteiger partial charge in [0.2, 0.25) is 11.8 Å². The minimum absolute atomic E-state index is 0.108. The average molecular weight is 284 g/mol. The van der Waals surface area contributed by atoms with Gasteiger partial charge in [0, 0.05) is 5.56 Å². The van der Waals surface area contributed by atoms with E-state index < -0.39 is 11.6 Å². The first-order valence-corrected chi connectivity index (χ1v) is 5.70. The van der Waals surface area contributed by atoms with Gasteiger partial charge in [0.15, 0.2) is 11.6 Å². The van der Waals surface area contributed by atoms with Crippen molar-refractivity contribution in [2.75, 3.05) is 20.0 Å². The standard InChI is InChI=1S/C12H14F2N4O2/c1-19-9-5-10(20-2)17-18(16-9)6-7-3-4-8(13)11(14)12(7)15/h3-5,16H,6,15H2,1-2H3. The van der Waals surface area contributed by atoms with Crippen molar-refractivity contribution in [2.45, 2.75) is 6.54 Å². The Morgan fingerprint density at radius 2 is 2.05 bits per heavy atom. The summed E-state index contributed by atoms with van der Waals surface area (Å²) in [5.74, 6) is -1.35. The van der Waals surface area contributed by atoms with Crippen molar-refractivity contribution in [3.05, 3.63) is 41.3 Å². The summed E-state index contributed by atoms with van der Waals surface area (Å²) in [6, 6.07) is 2.40. The Hall–Kier alpha value is -2.51. The van der Waals surface area contributed by atoms with E-state index >= 15 is 0 Å². The number of hydrazine groups is 1. The van der Waals surface area contributed by atoms with Crippen molar-refractivity contribution in [2.24, 2.45) is 5.10 Å². The molecule has 1 aliphatic heterocycles. The normalized spacial score (nSPS) is 14.3. The summed E-state index contributed by atoms with van der Waals surface area (Å²) in [7, 11) is 2.93. The monoisotopic (exact) mass is 284 g/mol. The molecule has 6 nitrogen and oxygen atoms in total. The molecule has 20 heavy (non-hydrogen) atoms. The molecule has 1 aliphatic rings. The molecule has 3 N–H and O–H groups in total. The van der Waals surface area contributed by atoms with E-state index in [1.807, 2.05) is 0 Å². The fraction of sp³-hybridized carbons (Fsp3) is 0.250. The Morgan fingerprint density at radius 1 is 1.30 bits per heavy atom. The van der Waals surface area contributed by atoms with Crippen LogP contribution in [0.25, 0.3) is 0 Å². The quantitative estimate of drug-likeness (QED) is 0.819. The predicted molar refractivity (Wildman–Crippen MR) is 69.0 cm³/mol. The molecular weight excluding hydrogens is 270 g/mol. The van der Waals surface area contributed by atoms with E-state index in [1.54, 1.807) is 6.08 Å². The van der Waals surface area contributed by atoms with Gasteiger partial charge in [-0.3, -0.25) is 5.43 Å². The zero-order valence-corrected chi connectivity index (χ0v) is 11.0. The average Bonchev–Trinajstić information content (AvgIpc) is 2.47. The fourth-order valence-corrected chi connectivity index (χ4v) is 1.63. The van der Waals surface area contributed by atoms with Gasteiger partial charge in [-0.2, -0.15) is 5.12 Å². The number of hydrogen-bond acceptors (Lipinski definition) is 6. The van der Waals surface area contributed by atoms with E-state index in [1.165, 1.54) is 25.4 Å². The Balaban J connectivity index is 2.21. The number of ether oxygens (including phenoxy) is 2. The highest BCUT2D eigenvalue weighted by molar-refractivity contribution is 5.88. The third-order valence-corrected chi connectivity index (χ3v) is 2.69. The van der Waals surface area contributed by atoms with Gasteiger partial charge in [0.25, 0.3) is 0 Å². The number of hydrazone groups is 1. The molecule has 1 aromatic rings. The van der Waals surface area contributed by atoms with Crippen molar-refractivity contribution in [3.8, 4) is 0 Å². The van der Waals surface area contributed by atoms with Crippen molar-refractivity contribution in [1.29, 1.82) is 0 Å². The molecule has 0 saturated heterocycles. The SMILES string of the molecule is COC1=CC(OC)=NN(Cc2ccc(F)c(F)c2N)N1. The Labute approximate surface area is 114 Å². The van der Waals surface area contributed by atoms with E-state index in [-0.39, 0.29) is 12.2 Å². The molecule has 2 rings (SSSR count). The number of nitrogens with one attached hydrogen (secondary N) is 1. The Bertz CT molecular complexity index is 575. The smallest absolute Gasteiger partial charge is 0.237 e. The van der Waals surface area contributed by atoms with E-state index in [2.05, 4.69) is 10.5 Å². The predicted octanol–water partition coefficient (Wildman–Crippen LogP) is 1.31. The number of rotatable bonds is 3. The number of nitrogens with zero attached hydrogens (tertiary/aromatic N) is 2. The second-order valence-corrected chi connectivity index (χ2v) is 3.96. The lowest BCUT2D eigenvalue weighted by molar-refractivity contribution is 0.127. The molecule has 1 heterocycles. The van der Waals surface area contributed by atoms with Crippen LogP contribution in [0, 0.1) is 11.6 Å². The molecule has 0 radical (unpaired) electrons. The molecule has 0 bridgehead atoms. The van der Waals surface area contributed by atoms with E-state index in [9.17, 15) is 8.78 Å². The molecule has 0 atom stereocenters. The van der Waals surface area contributed by atoms with Gasteiger partial charge < -0.3 is 15.2 Å². The van der Waals surface area contributed by atoms with Gasteiger partial charge in [-0.1, -0.05) is 6.07 Å². The fourth-order valence-electron chi connectivity index (χ4n) is 1.63. The summed E-state index contributed by atoms with van der Waals surface area (Å²) in [6.07, 6.45) is 1.55. The second kappa shape index (κ2) is 5.64. The van der Waals surface area contributed by atoms with Gasteiger partial charge >= 0.3 is 0 Å². The first kappa shape index (κ1) is 13.9. The molecule has 0 saturated carbocycles. The van der Waals surface area contributed by atoms with Crippen LogP contribution in [0.4, 0.5) is 14.5 Å². The van der Waals surface area contributed by atoms with Crippen LogP contribution in [-0.4, -0.2) is 25.2 Å². The molecule has 0 unspecified atom stereocenters. The van der Waals surface area contributed by atoms with Crippen LogP contribution in [0.5, 0.6) is 0 Å². The minimum Gasteiger partial charge on any atom is -0.481 e. The molecule has 0 fully saturated rings. The molecule has 1 aromatic carbocycles. The molecule has 0 aromatic heterocycles. The van der Waals surface area contributed by atoms with Gasteiger partial charge in [-0.05, 0) is 6.07 Å². The Morgan fingerprint density at radius 3 is 2.70 bits per heavy atom. The van der Waals surface area contributed by atoms with E-state index in [4.69, 9.17) is 15.2 Å². The van der Waals surface area contributed by atoms with E-state index in [0.717, 1.165) is 6.07 Å². The molecule has 0 amide bonds. The van der Waals surface area contributed by atoms with Crippen molar-refractivity contribution >= 4 is 11.6 Å². The third-order valence-electron chi connectivity index (χ3n) is 2.69. The minimum atomic E-state index is -1.07. The molecule has 108 valence electrons. The van der Waals surface area contributed by atoms with Crippen LogP contribution >= 0.6 is 0 Å². The maximum absolute atomic E-state index is 13.4. The molecular formula is C12H14F2N4O2. The lowest BCUT2D eigenvalue weighted by Crippen LogP contribution is -2.37. The molecule has 0 spiro atoms. The number of benzene rings is 1. The van der Waals surface area contributed by atoms with Crippen LogP contribution in [-0.2, 0) is 16.0 Å². The number of anilines is 1. The molecule has 8 heteroatoms. The summed E-state index contributed by atoms with van der Waals surface area (Å²) in [4.78, 5) is 0. The van der Waals surface area contributed by atoms with Crippen LogP contribution < -0.4 is 11.2 Å². The lowest BCUT2D eigenvalue weighted by atomic mass is 10.1. The number of halogens is 2. The number of nitrogen functional groups attached to an aromatic ring is 1. The number of nitrogens with two attached hydrogens (primary N) is 1. The van der Waals surface area contributed by atoms with Crippen molar-refractivity contribution < 1.29 is 18.3 Å². The first-order chi connectivity index (χ1) is 9.55. The van der Waals surface area contributed by atoms with Crippen molar-refractivity contribution in [3.63, 3.8) is 0 Å². The first-order valence-electron chi connectivity index (χ1n) is 5.70.